The lowest BCUT2D eigenvalue weighted by Gasteiger charge is -2.27. The summed E-state index contributed by atoms with van der Waals surface area (Å²) < 4.78 is 33.7. The van der Waals surface area contributed by atoms with Gasteiger partial charge in [0.2, 0.25) is 0 Å². The second-order valence-corrected chi connectivity index (χ2v) is 7.84. The summed E-state index contributed by atoms with van der Waals surface area (Å²) >= 11 is 0. The van der Waals surface area contributed by atoms with Gasteiger partial charge in [-0.25, -0.2) is 19.3 Å². The number of imidazole rings is 1. The lowest BCUT2D eigenvalue weighted by molar-refractivity contribution is -0.264. The van der Waals surface area contributed by atoms with Crippen molar-refractivity contribution in [3.63, 3.8) is 0 Å². The number of carbonyl (C=O) groups excluding carboxylic acids is 1. The minimum Gasteiger partial charge on any atom is -0.390 e. The van der Waals surface area contributed by atoms with Gasteiger partial charge in [-0.1, -0.05) is 18.2 Å². The van der Waals surface area contributed by atoms with Crippen LogP contribution in [0.5, 0.6) is 0 Å². The fourth-order valence-corrected chi connectivity index (χ4v) is 3.91. The third kappa shape index (κ3) is 3.26. The van der Waals surface area contributed by atoms with E-state index < -0.39 is 36.7 Å². The monoisotopic (exact) mass is 429 g/mol. The molecule has 2 N–H and O–H groups in total. The quantitative estimate of drug-likeness (QED) is 0.644. The van der Waals surface area contributed by atoms with E-state index in [1.54, 1.807) is 38.1 Å². The van der Waals surface area contributed by atoms with Gasteiger partial charge >= 0.3 is 0 Å². The highest BCUT2D eigenvalue weighted by Crippen LogP contribution is 2.49. The number of nitrogens with one attached hydrogen (secondary N) is 1. The fourth-order valence-electron chi connectivity index (χ4n) is 3.91. The Morgan fingerprint density at radius 3 is 2.71 bits per heavy atom. The minimum absolute atomic E-state index is 0.199. The van der Waals surface area contributed by atoms with E-state index >= 15 is 4.39 Å². The lowest BCUT2D eigenvalue weighted by Crippen LogP contribution is -2.42. The Bertz CT molecular complexity index is 1140. The van der Waals surface area contributed by atoms with Crippen LogP contribution in [-0.4, -0.2) is 61.0 Å². The lowest BCUT2D eigenvalue weighted by atomic mass is 10.1. The zero-order valence-electron chi connectivity index (χ0n) is 16.7. The van der Waals surface area contributed by atoms with Crippen molar-refractivity contribution in [3.8, 4) is 0 Å². The third-order valence-corrected chi connectivity index (χ3v) is 5.27. The first-order chi connectivity index (χ1) is 14.8. The topological polar surface area (TPSA) is 121 Å². The van der Waals surface area contributed by atoms with Crippen molar-refractivity contribution in [2.24, 2.45) is 0 Å². The van der Waals surface area contributed by atoms with Gasteiger partial charge in [0.05, 0.1) is 6.33 Å². The number of rotatable bonds is 4. The standard InChI is InChI=1S/C20H20FN5O5/c1-19(2)29-13-14(30-19)20(21,8-27)31-18(13)26-10-24-12-15(22-9-23-16(12)26)25-17(28)11-6-4-3-5-7-11/h3-7,9-10,13-14,18,27H,8H2,1-2H3,(H,22,23,25,28)/t13-,14+,18-,20-/m1/s1. The Labute approximate surface area is 176 Å². The summed E-state index contributed by atoms with van der Waals surface area (Å²) in [6, 6.07) is 8.66. The van der Waals surface area contributed by atoms with E-state index in [4.69, 9.17) is 14.2 Å². The van der Waals surface area contributed by atoms with E-state index in [2.05, 4.69) is 20.3 Å². The van der Waals surface area contributed by atoms with E-state index in [1.165, 1.54) is 17.2 Å². The van der Waals surface area contributed by atoms with Crippen LogP contribution >= 0.6 is 0 Å². The third-order valence-electron chi connectivity index (χ3n) is 5.27. The molecule has 0 aliphatic carbocycles. The number of amides is 1. The number of alkyl halides is 1. The zero-order valence-corrected chi connectivity index (χ0v) is 16.7. The number of fused-ring (bicyclic) bond motifs is 2. The van der Waals surface area contributed by atoms with E-state index in [1.807, 2.05) is 6.07 Å². The van der Waals surface area contributed by atoms with Crippen molar-refractivity contribution in [2.75, 3.05) is 11.9 Å². The van der Waals surface area contributed by atoms with Gasteiger partial charge in [-0.05, 0) is 26.0 Å². The molecule has 0 unspecified atom stereocenters. The molecule has 5 rings (SSSR count). The molecule has 31 heavy (non-hydrogen) atoms. The number of nitrogens with zero attached hydrogens (tertiary/aromatic N) is 4. The molecule has 4 heterocycles. The van der Waals surface area contributed by atoms with Crippen LogP contribution in [0, 0.1) is 0 Å². The molecule has 4 atom stereocenters. The average molecular weight is 429 g/mol. The summed E-state index contributed by atoms with van der Waals surface area (Å²) in [6.45, 7) is 2.42. The normalized spacial score (nSPS) is 29.2. The molecule has 0 bridgehead atoms. The van der Waals surface area contributed by atoms with E-state index in [0.717, 1.165) is 0 Å². The average Bonchev–Trinajstić information content (AvgIpc) is 3.40. The Kier molecular flexibility index (Phi) is 4.52. The SMILES string of the molecule is CC1(C)O[C@H]2[C@H](n3cnc4c(NC(=O)c5ccccc5)ncnc43)O[C@](F)(CO)[C@H]2O1. The zero-order chi connectivity index (χ0) is 21.8. The number of carbonyl (C=O) groups is 1. The van der Waals surface area contributed by atoms with Crippen LogP contribution in [0.2, 0.25) is 0 Å². The van der Waals surface area contributed by atoms with Gasteiger partial charge in [0.15, 0.2) is 35.1 Å². The first-order valence-corrected chi connectivity index (χ1v) is 9.68. The first-order valence-electron chi connectivity index (χ1n) is 9.68. The van der Waals surface area contributed by atoms with Crippen molar-refractivity contribution < 1.29 is 28.5 Å². The van der Waals surface area contributed by atoms with Crippen molar-refractivity contribution >= 4 is 22.9 Å². The van der Waals surface area contributed by atoms with Gasteiger partial charge in [-0.3, -0.25) is 9.36 Å². The summed E-state index contributed by atoms with van der Waals surface area (Å²) in [5.74, 6) is -3.66. The Morgan fingerprint density at radius 2 is 1.97 bits per heavy atom. The Balaban J connectivity index is 1.50. The molecule has 2 saturated heterocycles. The molecule has 2 aromatic heterocycles. The number of hydrogen-bond donors (Lipinski definition) is 2. The number of aliphatic hydroxyl groups is 1. The number of halogens is 1. The summed E-state index contributed by atoms with van der Waals surface area (Å²) in [4.78, 5) is 25.2. The summed E-state index contributed by atoms with van der Waals surface area (Å²) in [5, 5.41) is 12.3. The Hall–Kier alpha value is -2.99. The number of aromatic nitrogens is 4. The summed E-state index contributed by atoms with van der Waals surface area (Å²) in [6.07, 6.45) is -0.313. The molecule has 0 spiro atoms. The highest BCUT2D eigenvalue weighted by molar-refractivity contribution is 6.06. The molecule has 2 aliphatic heterocycles. The maximum atomic E-state index is 15.2. The van der Waals surface area contributed by atoms with Crippen molar-refractivity contribution in [1.29, 1.82) is 0 Å². The maximum Gasteiger partial charge on any atom is 0.263 e. The van der Waals surface area contributed by atoms with Gasteiger partial charge in [-0.15, -0.1) is 0 Å². The van der Waals surface area contributed by atoms with E-state index in [-0.39, 0.29) is 11.7 Å². The van der Waals surface area contributed by atoms with Crippen LogP contribution in [0.25, 0.3) is 11.2 Å². The maximum absolute atomic E-state index is 15.2. The highest BCUT2D eigenvalue weighted by Gasteiger charge is 2.64. The predicted octanol–water partition coefficient (Wildman–Crippen LogP) is 1.79. The molecule has 162 valence electrons. The van der Waals surface area contributed by atoms with Crippen molar-refractivity contribution in [1.82, 2.24) is 19.5 Å². The van der Waals surface area contributed by atoms with Crippen LogP contribution < -0.4 is 5.32 Å². The largest absolute Gasteiger partial charge is 0.390 e. The number of hydrogen-bond acceptors (Lipinski definition) is 8. The molecule has 3 aromatic rings. The van der Waals surface area contributed by atoms with E-state index in [9.17, 15) is 9.90 Å². The van der Waals surface area contributed by atoms with Crippen LogP contribution in [0.15, 0.2) is 43.0 Å². The predicted molar refractivity (Wildman–Crippen MR) is 105 cm³/mol. The molecule has 10 nitrogen and oxygen atoms in total. The summed E-state index contributed by atoms with van der Waals surface area (Å²) in [7, 11) is 0. The van der Waals surface area contributed by atoms with Crippen LogP contribution in [0.1, 0.15) is 30.4 Å². The number of anilines is 1. The van der Waals surface area contributed by atoms with Gasteiger partial charge in [0, 0.05) is 5.56 Å². The number of ether oxygens (including phenoxy) is 3. The highest BCUT2D eigenvalue weighted by atomic mass is 19.2. The molecule has 2 fully saturated rings. The van der Waals surface area contributed by atoms with Gasteiger partial charge < -0.3 is 24.6 Å². The molecule has 0 radical (unpaired) electrons. The second-order valence-electron chi connectivity index (χ2n) is 7.84. The molecule has 0 saturated carbocycles. The molecular weight excluding hydrogens is 409 g/mol. The van der Waals surface area contributed by atoms with Gasteiger partial charge in [0.25, 0.3) is 11.8 Å². The van der Waals surface area contributed by atoms with Crippen molar-refractivity contribution in [3.05, 3.63) is 48.5 Å². The van der Waals surface area contributed by atoms with Gasteiger partial charge in [-0.2, -0.15) is 0 Å². The molecule has 1 amide bonds. The molecule has 11 heteroatoms. The first kappa shape index (κ1) is 19.9. The van der Waals surface area contributed by atoms with Crippen molar-refractivity contribution in [2.45, 2.75) is 43.9 Å². The number of aliphatic hydroxyl groups excluding tert-OH is 1. The second kappa shape index (κ2) is 7.02. The summed E-state index contributed by atoms with van der Waals surface area (Å²) in [5.41, 5.74) is 1.06. The van der Waals surface area contributed by atoms with Crippen LogP contribution in [-0.2, 0) is 14.2 Å². The molecule has 1 aromatic carbocycles. The smallest absolute Gasteiger partial charge is 0.263 e. The van der Waals surface area contributed by atoms with Crippen LogP contribution in [0.4, 0.5) is 10.2 Å². The van der Waals surface area contributed by atoms with E-state index in [0.29, 0.717) is 16.7 Å². The Morgan fingerprint density at radius 1 is 1.19 bits per heavy atom. The minimum atomic E-state index is -2.45. The fraction of sp³-hybridized carbons (Fsp3) is 0.400. The molecule has 2 aliphatic rings. The number of benzene rings is 1. The molecular formula is C20H20FN5O5. The van der Waals surface area contributed by atoms with Gasteiger partial charge in [0.1, 0.15) is 19.0 Å². The van der Waals surface area contributed by atoms with Crippen LogP contribution in [0.3, 0.4) is 0 Å².